The summed E-state index contributed by atoms with van der Waals surface area (Å²) in [7, 11) is 0. The molecule has 0 radical (unpaired) electrons. The molecule has 2 aromatic heterocycles. The maximum absolute atomic E-state index is 12.8. The summed E-state index contributed by atoms with van der Waals surface area (Å²) in [6.07, 6.45) is 4.50. The van der Waals surface area contributed by atoms with Gasteiger partial charge in [-0.1, -0.05) is 37.3 Å². The van der Waals surface area contributed by atoms with Gasteiger partial charge in [0.25, 0.3) is 5.91 Å². The molecule has 25 heavy (non-hydrogen) atoms. The van der Waals surface area contributed by atoms with Crippen LogP contribution in [0.1, 0.15) is 42.1 Å². The number of carbonyl (C=O) groups excluding carboxylic acids is 1. The van der Waals surface area contributed by atoms with Crippen LogP contribution < -0.4 is 0 Å². The fraction of sp³-hybridized carbons (Fsp3) is 0.286. The molecular weight excluding hydrogens is 312 g/mol. The molecule has 0 spiro atoms. The molecule has 0 saturated carbocycles. The van der Waals surface area contributed by atoms with Crippen molar-refractivity contribution in [3.8, 4) is 0 Å². The third-order valence-corrected chi connectivity index (χ3v) is 4.57. The zero-order valence-corrected chi connectivity index (χ0v) is 14.8. The van der Waals surface area contributed by atoms with Crippen LogP contribution in [0.5, 0.6) is 0 Å². The summed E-state index contributed by atoms with van der Waals surface area (Å²) in [5.74, 6) is 0.327. The summed E-state index contributed by atoms with van der Waals surface area (Å²) in [6.45, 7) is 5.53. The molecule has 1 unspecified atom stereocenters. The molecule has 1 aromatic carbocycles. The van der Waals surface area contributed by atoms with Gasteiger partial charge in [0, 0.05) is 24.5 Å². The first-order valence-electron chi connectivity index (χ1n) is 8.71. The molecule has 3 aromatic rings. The van der Waals surface area contributed by atoms with Crippen molar-refractivity contribution in [2.24, 2.45) is 0 Å². The van der Waals surface area contributed by atoms with E-state index in [0.717, 1.165) is 18.7 Å². The average molecular weight is 336 g/mol. The Balaban J connectivity index is 1.81. The lowest BCUT2D eigenvalue weighted by molar-refractivity contribution is 0.0634. The van der Waals surface area contributed by atoms with Gasteiger partial charge in [0.1, 0.15) is 0 Å². The van der Waals surface area contributed by atoms with Crippen molar-refractivity contribution in [1.82, 2.24) is 9.47 Å². The molecule has 0 fully saturated rings. The van der Waals surface area contributed by atoms with Crippen molar-refractivity contribution in [2.45, 2.75) is 39.4 Å². The highest BCUT2D eigenvalue weighted by Crippen LogP contribution is 2.17. The minimum Gasteiger partial charge on any atom is -0.459 e. The maximum atomic E-state index is 12.8. The summed E-state index contributed by atoms with van der Waals surface area (Å²) < 4.78 is 7.51. The Bertz CT molecular complexity index is 790. The standard InChI is InChI=1S/C21H24N2O2/c1-3-17(2)23(21(24)20-12-8-14-25-20)16-19-11-7-13-22(19)15-18-9-5-4-6-10-18/h4-14,17H,3,15-16H2,1-2H3. The summed E-state index contributed by atoms with van der Waals surface area (Å²) in [5, 5.41) is 0. The Hall–Kier alpha value is -2.75. The fourth-order valence-electron chi connectivity index (χ4n) is 2.89. The van der Waals surface area contributed by atoms with Crippen molar-refractivity contribution in [2.75, 3.05) is 0 Å². The Morgan fingerprint density at radius 2 is 1.92 bits per heavy atom. The van der Waals surface area contributed by atoms with Crippen molar-refractivity contribution in [1.29, 1.82) is 0 Å². The van der Waals surface area contributed by atoms with Gasteiger partial charge in [-0.05, 0) is 43.2 Å². The fourth-order valence-corrected chi connectivity index (χ4v) is 2.89. The van der Waals surface area contributed by atoms with E-state index in [9.17, 15) is 4.79 Å². The highest BCUT2D eigenvalue weighted by Gasteiger charge is 2.23. The molecular formula is C21H24N2O2. The number of rotatable bonds is 7. The van der Waals surface area contributed by atoms with E-state index < -0.39 is 0 Å². The minimum atomic E-state index is -0.0631. The van der Waals surface area contributed by atoms with Gasteiger partial charge in [0.15, 0.2) is 5.76 Å². The molecule has 2 heterocycles. The van der Waals surface area contributed by atoms with Crippen LogP contribution in [0.2, 0.25) is 0 Å². The molecule has 1 atom stereocenters. The second-order valence-electron chi connectivity index (χ2n) is 6.28. The first-order chi connectivity index (χ1) is 12.2. The second-order valence-corrected chi connectivity index (χ2v) is 6.28. The molecule has 0 bridgehead atoms. The number of amides is 1. The Kier molecular flexibility index (Phi) is 5.39. The lowest BCUT2D eigenvalue weighted by atomic mass is 10.2. The highest BCUT2D eigenvalue weighted by atomic mass is 16.3. The average Bonchev–Trinajstić information content (AvgIpc) is 3.31. The van der Waals surface area contributed by atoms with E-state index in [1.165, 1.54) is 5.56 Å². The quantitative estimate of drug-likeness (QED) is 0.634. The summed E-state index contributed by atoms with van der Waals surface area (Å²) >= 11 is 0. The zero-order chi connectivity index (χ0) is 17.6. The smallest absolute Gasteiger partial charge is 0.290 e. The van der Waals surface area contributed by atoms with E-state index in [-0.39, 0.29) is 11.9 Å². The molecule has 0 aliphatic carbocycles. The molecule has 4 heteroatoms. The highest BCUT2D eigenvalue weighted by molar-refractivity contribution is 5.91. The predicted octanol–water partition coefficient (Wildman–Crippen LogP) is 4.57. The zero-order valence-electron chi connectivity index (χ0n) is 14.8. The van der Waals surface area contributed by atoms with E-state index in [1.54, 1.807) is 18.4 Å². The van der Waals surface area contributed by atoms with Gasteiger partial charge in [-0.25, -0.2) is 0 Å². The van der Waals surface area contributed by atoms with E-state index in [1.807, 2.05) is 29.2 Å². The van der Waals surface area contributed by atoms with Gasteiger partial charge in [-0.15, -0.1) is 0 Å². The van der Waals surface area contributed by atoms with Gasteiger partial charge in [0.05, 0.1) is 12.8 Å². The monoisotopic (exact) mass is 336 g/mol. The van der Waals surface area contributed by atoms with Crippen LogP contribution in [-0.2, 0) is 13.1 Å². The molecule has 4 nitrogen and oxygen atoms in total. The van der Waals surface area contributed by atoms with Crippen LogP contribution in [0.15, 0.2) is 71.5 Å². The van der Waals surface area contributed by atoms with Gasteiger partial charge < -0.3 is 13.9 Å². The van der Waals surface area contributed by atoms with Crippen LogP contribution in [0.4, 0.5) is 0 Å². The van der Waals surface area contributed by atoms with Crippen molar-refractivity contribution >= 4 is 5.91 Å². The second kappa shape index (κ2) is 7.88. The van der Waals surface area contributed by atoms with Crippen LogP contribution in [0, 0.1) is 0 Å². The number of aromatic nitrogens is 1. The molecule has 1 amide bonds. The summed E-state index contributed by atoms with van der Waals surface area (Å²) in [4.78, 5) is 14.7. The molecule has 0 N–H and O–H groups in total. The normalized spacial score (nSPS) is 12.1. The van der Waals surface area contributed by atoms with E-state index in [0.29, 0.717) is 12.3 Å². The minimum absolute atomic E-state index is 0.0631. The predicted molar refractivity (Wildman–Crippen MR) is 98.3 cm³/mol. The van der Waals surface area contributed by atoms with Crippen molar-refractivity contribution in [3.63, 3.8) is 0 Å². The van der Waals surface area contributed by atoms with Crippen LogP contribution in [0.3, 0.4) is 0 Å². The first-order valence-corrected chi connectivity index (χ1v) is 8.71. The lowest BCUT2D eigenvalue weighted by Gasteiger charge is -2.28. The Labute approximate surface area is 148 Å². The molecule has 3 rings (SSSR count). The van der Waals surface area contributed by atoms with Gasteiger partial charge in [-0.3, -0.25) is 4.79 Å². The molecule has 0 aliphatic rings. The van der Waals surface area contributed by atoms with E-state index in [4.69, 9.17) is 4.42 Å². The van der Waals surface area contributed by atoms with E-state index >= 15 is 0 Å². The van der Waals surface area contributed by atoms with Crippen LogP contribution in [-0.4, -0.2) is 21.4 Å². The first kappa shape index (κ1) is 17.1. The SMILES string of the molecule is CCC(C)N(Cc1cccn1Cc1ccccc1)C(=O)c1ccco1. The third kappa shape index (κ3) is 4.02. The van der Waals surface area contributed by atoms with E-state index in [2.05, 4.69) is 42.8 Å². The Morgan fingerprint density at radius 1 is 1.12 bits per heavy atom. The number of nitrogens with zero attached hydrogens (tertiary/aromatic N) is 2. The van der Waals surface area contributed by atoms with Gasteiger partial charge in [-0.2, -0.15) is 0 Å². The van der Waals surface area contributed by atoms with Crippen LogP contribution >= 0.6 is 0 Å². The number of carbonyl (C=O) groups is 1. The Morgan fingerprint density at radius 3 is 2.60 bits per heavy atom. The van der Waals surface area contributed by atoms with Gasteiger partial charge >= 0.3 is 0 Å². The third-order valence-electron chi connectivity index (χ3n) is 4.57. The molecule has 0 aliphatic heterocycles. The van der Waals surface area contributed by atoms with Crippen molar-refractivity contribution < 1.29 is 9.21 Å². The van der Waals surface area contributed by atoms with Crippen molar-refractivity contribution in [3.05, 3.63) is 84.1 Å². The molecule has 130 valence electrons. The lowest BCUT2D eigenvalue weighted by Crippen LogP contribution is -2.38. The number of furan rings is 1. The number of hydrogen-bond donors (Lipinski definition) is 0. The number of benzene rings is 1. The summed E-state index contributed by atoms with van der Waals surface area (Å²) in [5.41, 5.74) is 2.36. The largest absolute Gasteiger partial charge is 0.459 e. The van der Waals surface area contributed by atoms with Crippen LogP contribution in [0.25, 0.3) is 0 Å². The molecule has 0 saturated heterocycles. The van der Waals surface area contributed by atoms with Gasteiger partial charge in [0.2, 0.25) is 0 Å². The number of hydrogen-bond acceptors (Lipinski definition) is 2. The summed E-state index contributed by atoms with van der Waals surface area (Å²) in [6, 6.07) is 18.1. The topological polar surface area (TPSA) is 38.4 Å². The maximum Gasteiger partial charge on any atom is 0.290 e.